The van der Waals surface area contributed by atoms with Crippen LogP contribution < -0.4 is 5.32 Å². The van der Waals surface area contributed by atoms with Gasteiger partial charge < -0.3 is 5.32 Å². The van der Waals surface area contributed by atoms with Gasteiger partial charge in [0.15, 0.2) is 0 Å². The van der Waals surface area contributed by atoms with Gasteiger partial charge in [-0.3, -0.25) is 5.10 Å². The third kappa shape index (κ3) is 3.46. The Balaban J connectivity index is 2.30. The maximum atomic E-state index is 12.7. The molecule has 0 aliphatic rings. The van der Waals surface area contributed by atoms with Crippen LogP contribution in [-0.4, -0.2) is 37.0 Å². The average molecular weight is 349 g/mol. The first-order valence-electron chi connectivity index (χ1n) is 6.25. The smallest absolute Gasteiger partial charge is 0.246 e. The van der Waals surface area contributed by atoms with Crippen molar-refractivity contribution in [2.24, 2.45) is 0 Å². The third-order valence-electron chi connectivity index (χ3n) is 2.98. The van der Waals surface area contributed by atoms with Gasteiger partial charge in [0, 0.05) is 25.0 Å². The second-order valence-electron chi connectivity index (χ2n) is 4.62. The maximum Gasteiger partial charge on any atom is 0.246 e. The van der Waals surface area contributed by atoms with E-state index in [0.717, 1.165) is 4.88 Å². The predicted octanol–water partition coefficient (Wildman–Crippen LogP) is 1.97. The van der Waals surface area contributed by atoms with Gasteiger partial charge in [-0.15, -0.1) is 11.3 Å². The van der Waals surface area contributed by atoms with Crippen molar-refractivity contribution in [3.8, 4) is 0 Å². The molecule has 0 aliphatic heterocycles. The van der Waals surface area contributed by atoms with Crippen LogP contribution in [0.3, 0.4) is 0 Å². The Kier molecular flexibility index (Phi) is 5.05. The van der Waals surface area contributed by atoms with Crippen molar-refractivity contribution in [3.63, 3.8) is 0 Å². The largest absolute Gasteiger partial charge is 0.314 e. The fourth-order valence-corrected chi connectivity index (χ4v) is 4.69. The van der Waals surface area contributed by atoms with Gasteiger partial charge in [-0.1, -0.05) is 11.6 Å². The molecule has 0 radical (unpaired) electrons. The van der Waals surface area contributed by atoms with Crippen LogP contribution in [-0.2, 0) is 23.1 Å². The molecule has 0 aliphatic carbocycles. The first-order chi connectivity index (χ1) is 9.86. The molecule has 0 saturated carbocycles. The highest BCUT2D eigenvalue weighted by Gasteiger charge is 2.28. The van der Waals surface area contributed by atoms with Crippen molar-refractivity contribution in [2.75, 3.05) is 14.1 Å². The summed E-state index contributed by atoms with van der Waals surface area (Å²) in [5, 5.41) is 9.71. The SMILES string of the molecule is CNCc1n[nH]c(C)c1S(=O)(=O)N(C)Cc1ccc(Cl)s1. The number of aryl methyl sites for hydroxylation is 1. The van der Waals surface area contributed by atoms with Crippen molar-refractivity contribution in [1.82, 2.24) is 19.8 Å². The molecule has 2 aromatic heterocycles. The number of nitrogens with zero attached hydrogens (tertiary/aromatic N) is 2. The summed E-state index contributed by atoms with van der Waals surface area (Å²) in [6, 6.07) is 3.59. The summed E-state index contributed by atoms with van der Waals surface area (Å²) in [4.78, 5) is 1.13. The normalized spacial score (nSPS) is 12.2. The minimum atomic E-state index is -3.60. The minimum absolute atomic E-state index is 0.238. The van der Waals surface area contributed by atoms with Crippen molar-refractivity contribution < 1.29 is 8.42 Å². The summed E-state index contributed by atoms with van der Waals surface area (Å²) in [5.41, 5.74) is 1.03. The number of aromatic amines is 1. The van der Waals surface area contributed by atoms with Gasteiger partial charge in [-0.25, -0.2) is 8.42 Å². The number of hydrogen-bond donors (Lipinski definition) is 2. The van der Waals surface area contributed by atoms with Crippen LogP contribution >= 0.6 is 22.9 Å². The van der Waals surface area contributed by atoms with Crippen molar-refractivity contribution in [1.29, 1.82) is 0 Å². The van der Waals surface area contributed by atoms with Gasteiger partial charge >= 0.3 is 0 Å². The summed E-state index contributed by atoms with van der Waals surface area (Å²) in [6.45, 7) is 2.37. The van der Waals surface area contributed by atoms with Crippen LogP contribution in [0.2, 0.25) is 4.34 Å². The van der Waals surface area contributed by atoms with Gasteiger partial charge in [0.05, 0.1) is 15.7 Å². The zero-order valence-electron chi connectivity index (χ0n) is 12.0. The topological polar surface area (TPSA) is 78.1 Å². The minimum Gasteiger partial charge on any atom is -0.314 e. The van der Waals surface area contributed by atoms with E-state index in [1.165, 1.54) is 15.6 Å². The molecule has 0 atom stereocenters. The molecule has 9 heteroatoms. The highest BCUT2D eigenvalue weighted by Crippen LogP contribution is 2.26. The molecule has 6 nitrogen and oxygen atoms in total. The molecular weight excluding hydrogens is 332 g/mol. The van der Waals surface area contributed by atoms with E-state index < -0.39 is 10.0 Å². The molecule has 0 fully saturated rings. The Hall–Kier alpha value is -0.930. The molecule has 2 aromatic rings. The van der Waals surface area contributed by atoms with Crippen LogP contribution in [0, 0.1) is 6.92 Å². The highest BCUT2D eigenvalue weighted by atomic mass is 35.5. The standard InChI is InChI=1S/C12H17ClN4O2S2/c1-8-12(10(6-14-2)16-15-8)21(18,19)17(3)7-9-4-5-11(13)20-9/h4-5,14H,6-7H2,1-3H3,(H,15,16). The number of hydrogen-bond acceptors (Lipinski definition) is 5. The zero-order chi connectivity index (χ0) is 15.6. The number of sulfonamides is 1. The van der Waals surface area contributed by atoms with Gasteiger partial charge in [-0.05, 0) is 26.1 Å². The molecule has 2 N–H and O–H groups in total. The molecule has 116 valence electrons. The van der Waals surface area contributed by atoms with E-state index in [1.807, 2.05) is 6.07 Å². The molecule has 2 rings (SSSR count). The van der Waals surface area contributed by atoms with E-state index in [-0.39, 0.29) is 11.4 Å². The molecule has 0 bridgehead atoms. The van der Waals surface area contributed by atoms with E-state index in [0.29, 0.717) is 22.3 Å². The van der Waals surface area contributed by atoms with E-state index in [4.69, 9.17) is 11.6 Å². The van der Waals surface area contributed by atoms with Gasteiger partial charge in [-0.2, -0.15) is 9.40 Å². The second kappa shape index (κ2) is 6.45. The molecular formula is C12H17ClN4O2S2. The lowest BCUT2D eigenvalue weighted by atomic mass is 10.4. The number of aromatic nitrogens is 2. The molecule has 0 unspecified atom stereocenters. The molecule has 0 saturated heterocycles. The first-order valence-corrected chi connectivity index (χ1v) is 8.88. The van der Waals surface area contributed by atoms with E-state index >= 15 is 0 Å². The lowest BCUT2D eigenvalue weighted by molar-refractivity contribution is 0.468. The van der Waals surface area contributed by atoms with E-state index in [2.05, 4.69) is 15.5 Å². The third-order valence-corrected chi connectivity index (χ3v) is 6.20. The van der Waals surface area contributed by atoms with Crippen LogP contribution in [0.25, 0.3) is 0 Å². The van der Waals surface area contributed by atoms with Gasteiger partial charge in [0.25, 0.3) is 0 Å². The fraction of sp³-hybridized carbons (Fsp3) is 0.417. The highest BCUT2D eigenvalue weighted by molar-refractivity contribution is 7.89. The van der Waals surface area contributed by atoms with E-state index in [1.54, 1.807) is 27.1 Å². The Labute approximate surface area is 133 Å². The Morgan fingerprint density at radius 3 is 2.76 bits per heavy atom. The van der Waals surface area contributed by atoms with Crippen molar-refractivity contribution in [2.45, 2.75) is 24.9 Å². The number of thiophene rings is 1. The maximum absolute atomic E-state index is 12.7. The summed E-state index contributed by atoms with van der Waals surface area (Å²) >= 11 is 7.25. The summed E-state index contributed by atoms with van der Waals surface area (Å²) < 4.78 is 27.4. The first kappa shape index (κ1) is 16.4. The molecule has 2 heterocycles. The molecule has 0 amide bonds. The molecule has 0 aromatic carbocycles. The monoisotopic (exact) mass is 348 g/mol. The second-order valence-corrected chi connectivity index (χ2v) is 8.40. The summed E-state index contributed by atoms with van der Waals surface area (Å²) in [7, 11) is -0.303. The number of halogens is 1. The fourth-order valence-electron chi connectivity index (χ4n) is 2.00. The van der Waals surface area contributed by atoms with Gasteiger partial charge in [0.1, 0.15) is 4.90 Å². The van der Waals surface area contributed by atoms with E-state index in [9.17, 15) is 8.42 Å². The van der Waals surface area contributed by atoms with Crippen LogP contribution in [0.4, 0.5) is 0 Å². The Morgan fingerprint density at radius 2 is 2.19 bits per heavy atom. The quantitative estimate of drug-likeness (QED) is 0.836. The Morgan fingerprint density at radius 1 is 1.48 bits per heavy atom. The average Bonchev–Trinajstić information content (AvgIpc) is 2.97. The van der Waals surface area contributed by atoms with Crippen LogP contribution in [0.15, 0.2) is 17.0 Å². The lowest BCUT2D eigenvalue weighted by Gasteiger charge is -2.17. The molecule has 21 heavy (non-hydrogen) atoms. The molecule has 0 spiro atoms. The zero-order valence-corrected chi connectivity index (χ0v) is 14.4. The number of H-pyrrole nitrogens is 1. The van der Waals surface area contributed by atoms with Gasteiger partial charge in [0.2, 0.25) is 10.0 Å². The van der Waals surface area contributed by atoms with Crippen molar-refractivity contribution >= 4 is 33.0 Å². The predicted molar refractivity (Wildman–Crippen MR) is 84.1 cm³/mol. The Bertz CT molecular complexity index is 723. The van der Waals surface area contributed by atoms with Crippen LogP contribution in [0.5, 0.6) is 0 Å². The summed E-state index contributed by atoms with van der Waals surface area (Å²) in [6.07, 6.45) is 0. The summed E-state index contributed by atoms with van der Waals surface area (Å²) in [5.74, 6) is 0. The number of rotatable bonds is 6. The number of nitrogens with one attached hydrogen (secondary N) is 2. The lowest BCUT2D eigenvalue weighted by Crippen LogP contribution is -2.27. The van der Waals surface area contributed by atoms with Crippen molar-refractivity contribution in [3.05, 3.63) is 32.7 Å². The van der Waals surface area contributed by atoms with Crippen LogP contribution in [0.1, 0.15) is 16.3 Å².